The van der Waals surface area contributed by atoms with Gasteiger partial charge >= 0.3 is 0 Å². The molecule has 1 aromatic heterocycles. The first-order chi connectivity index (χ1) is 7.65. The number of hydrogen-bond acceptors (Lipinski definition) is 4. The Morgan fingerprint density at radius 2 is 2.25 bits per heavy atom. The number of hydrogen-bond donors (Lipinski definition) is 1. The van der Waals surface area contributed by atoms with Gasteiger partial charge < -0.3 is 15.0 Å². The fraction of sp³-hybridized carbons (Fsp3) is 0.100. The molecule has 1 heterocycles. The number of anilines is 1. The van der Waals surface area contributed by atoms with Crippen molar-refractivity contribution in [2.75, 3.05) is 12.8 Å². The summed E-state index contributed by atoms with van der Waals surface area (Å²) in [6, 6.07) is 4.38. The van der Waals surface area contributed by atoms with Crippen molar-refractivity contribution in [2.24, 2.45) is 0 Å². The molecule has 1 aromatic carbocycles. The second kappa shape index (κ2) is 4.02. The first kappa shape index (κ1) is 10.8. The molecular formula is C10H8ClFN2O2. The van der Waals surface area contributed by atoms with E-state index in [1.54, 1.807) is 6.07 Å². The zero-order valence-electron chi connectivity index (χ0n) is 8.33. The van der Waals surface area contributed by atoms with Gasteiger partial charge in [-0.3, -0.25) is 0 Å². The third-order valence-corrected chi connectivity index (χ3v) is 2.45. The molecule has 0 atom stereocenters. The Kier molecular flexibility index (Phi) is 2.70. The standard InChI is InChI=1S/C10H8ClFN2O2/c1-15-6-4-2-3-5(12)7(6)9-8(11)10(13)14-16-9/h2-4H,1H3,(H2,13,14). The molecule has 2 N–H and O–H groups in total. The molecule has 0 spiro atoms. The van der Waals surface area contributed by atoms with Crippen LogP contribution in [-0.4, -0.2) is 12.3 Å². The summed E-state index contributed by atoms with van der Waals surface area (Å²) in [4.78, 5) is 0. The quantitative estimate of drug-likeness (QED) is 0.880. The predicted molar refractivity (Wildman–Crippen MR) is 57.9 cm³/mol. The lowest BCUT2D eigenvalue weighted by atomic mass is 10.1. The first-order valence-corrected chi connectivity index (χ1v) is 4.76. The van der Waals surface area contributed by atoms with Gasteiger partial charge in [-0.25, -0.2) is 4.39 Å². The average molecular weight is 243 g/mol. The van der Waals surface area contributed by atoms with E-state index in [2.05, 4.69) is 5.16 Å². The first-order valence-electron chi connectivity index (χ1n) is 4.38. The van der Waals surface area contributed by atoms with Crippen LogP contribution in [0.1, 0.15) is 0 Å². The van der Waals surface area contributed by atoms with Crippen molar-refractivity contribution < 1.29 is 13.7 Å². The van der Waals surface area contributed by atoms with Crippen molar-refractivity contribution in [3.8, 4) is 17.1 Å². The van der Waals surface area contributed by atoms with Gasteiger partial charge in [0.05, 0.1) is 12.7 Å². The Hall–Kier alpha value is -1.75. The van der Waals surface area contributed by atoms with Crippen LogP contribution >= 0.6 is 11.6 Å². The number of methoxy groups -OCH3 is 1. The highest BCUT2D eigenvalue weighted by Crippen LogP contribution is 2.38. The highest BCUT2D eigenvalue weighted by Gasteiger charge is 2.21. The molecule has 0 aliphatic heterocycles. The molecule has 0 saturated carbocycles. The summed E-state index contributed by atoms with van der Waals surface area (Å²) >= 11 is 5.84. The number of nitrogens with two attached hydrogens (primary N) is 1. The van der Waals surface area contributed by atoms with E-state index in [-0.39, 0.29) is 22.2 Å². The van der Waals surface area contributed by atoms with Gasteiger partial charge in [-0.15, -0.1) is 0 Å². The lowest BCUT2D eigenvalue weighted by Gasteiger charge is -2.06. The molecule has 0 aliphatic rings. The topological polar surface area (TPSA) is 61.3 Å². The zero-order chi connectivity index (χ0) is 11.7. The number of ether oxygens (including phenoxy) is 1. The van der Waals surface area contributed by atoms with Crippen LogP contribution in [0.2, 0.25) is 5.02 Å². The number of nitrogen functional groups attached to an aromatic ring is 1. The number of rotatable bonds is 2. The van der Waals surface area contributed by atoms with Crippen LogP contribution in [0.5, 0.6) is 5.75 Å². The van der Waals surface area contributed by atoms with Gasteiger partial charge in [0.1, 0.15) is 16.6 Å². The van der Waals surface area contributed by atoms with Crippen molar-refractivity contribution in [1.29, 1.82) is 0 Å². The molecule has 4 nitrogen and oxygen atoms in total. The highest BCUT2D eigenvalue weighted by molar-refractivity contribution is 6.35. The van der Waals surface area contributed by atoms with Crippen LogP contribution in [0.25, 0.3) is 11.3 Å². The summed E-state index contributed by atoms with van der Waals surface area (Å²) in [7, 11) is 1.42. The molecule has 0 bridgehead atoms. The molecule has 0 saturated heterocycles. The summed E-state index contributed by atoms with van der Waals surface area (Å²) in [5.74, 6) is -0.133. The highest BCUT2D eigenvalue weighted by atomic mass is 35.5. The minimum atomic E-state index is -0.516. The predicted octanol–water partition coefficient (Wildman–Crippen LogP) is 2.72. The van der Waals surface area contributed by atoms with Gasteiger partial charge in [0.15, 0.2) is 11.6 Å². The third kappa shape index (κ3) is 1.59. The van der Waals surface area contributed by atoms with Crippen molar-refractivity contribution in [3.05, 3.63) is 29.0 Å². The number of aromatic nitrogens is 1. The van der Waals surface area contributed by atoms with Crippen LogP contribution < -0.4 is 10.5 Å². The maximum absolute atomic E-state index is 13.6. The second-order valence-corrected chi connectivity index (χ2v) is 3.41. The zero-order valence-corrected chi connectivity index (χ0v) is 9.08. The average Bonchev–Trinajstić information content (AvgIpc) is 2.60. The number of halogens is 2. The molecule has 84 valence electrons. The van der Waals surface area contributed by atoms with Crippen LogP contribution in [0.4, 0.5) is 10.2 Å². The van der Waals surface area contributed by atoms with Gasteiger partial charge in [-0.2, -0.15) is 0 Å². The van der Waals surface area contributed by atoms with E-state index in [1.165, 1.54) is 19.2 Å². The molecule has 2 rings (SSSR count). The van der Waals surface area contributed by atoms with Crippen LogP contribution in [-0.2, 0) is 0 Å². The third-order valence-electron chi connectivity index (χ3n) is 2.08. The summed E-state index contributed by atoms with van der Waals surface area (Å²) in [6.07, 6.45) is 0. The largest absolute Gasteiger partial charge is 0.496 e. The van der Waals surface area contributed by atoms with E-state index >= 15 is 0 Å². The lowest BCUT2D eigenvalue weighted by Crippen LogP contribution is -1.91. The van der Waals surface area contributed by atoms with Gasteiger partial charge in [-0.05, 0) is 12.1 Å². The Morgan fingerprint density at radius 3 is 2.81 bits per heavy atom. The van der Waals surface area contributed by atoms with Crippen LogP contribution in [0.15, 0.2) is 22.7 Å². The normalized spacial score (nSPS) is 10.4. The SMILES string of the molecule is COc1cccc(F)c1-c1onc(N)c1Cl. The molecule has 0 fully saturated rings. The molecule has 6 heteroatoms. The van der Waals surface area contributed by atoms with E-state index in [4.69, 9.17) is 26.6 Å². The number of nitrogens with zero attached hydrogens (tertiary/aromatic N) is 1. The molecule has 16 heavy (non-hydrogen) atoms. The maximum Gasteiger partial charge on any atom is 0.194 e. The van der Waals surface area contributed by atoms with Crippen molar-refractivity contribution in [3.63, 3.8) is 0 Å². The fourth-order valence-corrected chi connectivity index (χ4v) is 1.50. The molecule has 2 aromatic rings. The maximum atomic E-state index is 13.6. The molecule has 0 amide bonds. The van der Waals surface area contributed by atoms with Gasteiger partial charge in [0, 0.05) is 0 Å². The molecule has 0 radical (unpaired) electrons. The Labute approximate surface area is 95.7 Å². The van der Waals surface area contributed by atoms with E-state index in [0.29, 0.717) is 5.75 Å². The van der Waals surface area contributed by atoms with Gasteiger partial charge in [0.25, 0.3) is 0 Å². The van der Waals surface area contributed by atoms with Gasteiger partial charge in [0.2, 0.25) is 0 Å². The van der Waals surface area contributed by atoms with Crippen molar-refractivity contribution in [2.45, 2.75) is 0 Å². The Bertz CT molecular complexity index is 528. The van der Waals surface area contributed by atoms with Crippen LogP contribution in [0.3, 0.4) is 0 Å². The summed E-state index contributed by atoms with van der Waals surface area (Å²) < 4.78 is 23.5. The summed E-state index contributed by atoms with van der Waals surface area (Å²) in [5, 5.41) is 3.53. The van der Waals surface area contributed by atoms with Crippen molar-refractivity contribution in [1.82, 2.24) is 5.16 Å². The summed E-state index contributed by atoms with van der Waals surface area (Å²) in [5.41, 5.74) is 5.53. The Morgan fingerprint density at radius 1 is 1.50 bits per heavy atom. The van der Waals surface area contributed by atoms with E-state index < -0.39 is 5.82 Å². The summed E-state index contributed by atoms with van der Waals surface area (Å²) in [6.45, 7) is 0. The molecule has 0 unspecified atom stereocenters. The van der Waals surface area contributed by atoms with E-state index in [9.17, 15) is 4.39 Å². The Balaban J connectivity index is 2.68. The molecule has 0 aliphatic carbocycles. The minimum absolute atomic E-state index is 0.0157. The monoisotopic (exact) mass is 242 g/mol. The molecular weight excluding hydrogens is 235 g/mol. The smallest absolute Gasteiger partial charge is 0.194 e. The van der Waals surface area contributed by atoms with E-state index in [0.717, 1.165) is 0 Å². The number of benzene rings is 1. The fourth-order valence-electron chi connectivity index (χ4n) is 1.34. The van der Waals surface area contributed by atoms with Crippen molar-refractivity contribution >= 4 is 17.4 Å². The lowest BCUT2D eigenvalue weighted by molar-refractivity contribution is 0.402. The van der Waals surface area contributed by atoms with E-state index in [1.807, 2.05) is 0 Å². The van der Waals surface area contributed by atoms with Gasteiger partial charge in [-0.1, -0.05) is 22.8 Å². The minimum Gasteiger partial charge on any atom is -0.496 e. The second-order valence-electron chi connectivity index (χ2n) is 3.03. The van der Waals surface area contributed by atoms with Crippen LogP contribution in [0, 0.1) is 5.82 Å².